The fraction of sp³-hybridized carbons (Fsp3) is 0.0526. The lowest BCUT2D eigenvalue weighted by atomic mass is 10.2. The first kappa shape index (κ1) is 18.4. The molecule has 0 radical (unpaired) electrons. The first-order chi connectivity index (χ1) is 12.6. The molecule has 0 bridgehead atoms. The van der Waals surface area contributed by atoms with Crippen LogP contribution in [0.2, 0.25) is 5.02 Å². The summed E-state index contributed by atoms with van der Waals surface area (Å²) < 4.78 is 5.20. The second-order valence-electron chi connectivity index (χ2n) is 5.19. The molecule has 0 saturated heterocycles. The Labute approximate surface area is 163 Å². The number of ether oxygens (including phenoxy) is 1. The molecule has 3 rings (SSSR count). The lowest BCUT2D eigenvalue weighted by molar-refractivity contribution is -0.141. The molecular formula is C19H14ClNO3S2. The molecule has 132 valence electrons. The lowest BCUT2D eigenvalue weighted by Gasteiger charge is -2.08. The molecule has 0 unspecified atom stereocenters. The monoisotopic (exact) mass is 403 g/mol. The number of hydrogen-bond donors (Lipinski definition) is 1. The van der Waals surface area contributed by atoms with Crippen LogP contribution in [0, 0.1) is 0 Å². The lowest BCUT2D eigenvalue weighted by Crippen LogP contribution is -2.21. The number of carbonyl (C=O) groups excluding carboxylic acids is 2. The summed E-state index contributed by atoms with van der Waals surface area (Å²) in [5.41, 5.74) is 0.976. The van der Waals surface area contributed by atoms with Gasteiger partial charge in [0.05, 0.1) is 5.57 Å². The van der Waals surface area contributed by atoms with E-state index in [0.717, 1.165) is 9.75 Å². The van der Waals surface area contributed by atoms with Crippen LogP contribution in [0.3, 0.4) is 0 Å². The summed E-state index contributed by atoms with van der Waals surface area (Å²) in [6.45, 7) is -0.376. The van der Waals surface area contributed by atoms with E-state index in [1.54, 1.807) is 30.3 Å². The van der Waals surface area contributed by atoms with E-state index in [4.69, 9.17) is 16.3 Å². The Hall–Kier alpha value is -2.41. The fourth-order valence-corrected chi connectivity index (χ4v) is 3.73. The number of amides is 1. The molecule has 7 heteroatoms. The second kappa shape index (κ2) is 8.80. The SMILES string of the molecule is O=C(COC(=O)/C(=C/c1cccs1)c1cccs1)Nc1cccc(Cl)c1. The van der Waals surface area contributed by atoms with E-state index < -0.39 is 11.9 Å². The molecular weight excluding hydrogens is 390 g/mol. The maximum Gasteiger partial charge on any atom is 0.340 e. The zero-order valence-electron chi connectivity index (χ0n) is 13.5. The number of anilines is 1. The van der Waals surface area contributed by atoms with E-state index in [0.29, 0.717) is 16.3 Å². The Morgan fingerprint density at radius 2 is 1.88 bits per heavy atom. The normalized spacial score (nSPS) is 11.2. The van der Waals surface area contributed by atoms with Gasteiger partial charge >= 0.3 is 5.97 Å². The summed E-state index contributed by atoms with van der Waals surface area (Å²) in [6, 6.07) is 14.3. The van der Waals surface area contributed by atoms with E-state index in [-0.39, 0.29) is 6.61 Å². The van der Waals surface area contributed by atoms with Gasteiger partial charge in [0.25, 0.3) is 5.91 Å². The average Bonchev–Trinajstić information content (AvgIpc) is 3.31. The van der Waals surface area contributed by atoms with Crippen molar-refractivity contribution in [1.29, 1.82) is 0 Å². The molecule has 4 nitrogen and oxygen atoms in total. The molecule has 1 aromatic carbocycles. The number of halogens is 1. The molecule has 0 aliphatic carbocycles. The zero-order chi connectivity index (χ0) is 18.4. The van der Waals surface area contributed by atoms with Crippen molar-refractivity contribution in [3.63, 3.8) is 0 Å². The smallest absolute Gasteiger partial charge is 0.340 e. The van der Waals surface area contributed by atoms with Crippen LogP contribution in [0.25, 0.3) is 11.6 Å². The van der Waals surface area contributed by atoms with Crippen LogP contribution in [-0.2, 0) is 14.3 Å². The topological polar surface area (TPSA) is 55.4 Å². The summed E-state index contributed by atoms with van der Waals surface area (Å²) in [5.74, 6) is -0.968. The van der Waals surface area contributed by atoms with Crippen molar-refractivity contribution in [2.45, 2.75) is 0 Å². The second-order valence-corrected chi connectivity index (χ2v) is 7.55. The molecule has 1 N–H and O–H groups in total. The molecule has 0 aliphatic heterocycles. The quantitative estimate of drug-likeness (QED) is 0.455. The minimum absolute atomic E-state index is 0.376. The third-order valence-corrected chi connectivity index (χ3v) is 5.24. The highest BCUT2D eigenvalue weighted by Gasteiger charge is 2.17. The van der Waals surface area contributed by atoms with Crippen LogP contribution >= 0.6 is 34.3 Å². The van der Waals surface area contributed by atoms with Gasteiger partial charge in [-0.3, -0.25) is 4.79 Å². The number of nitrogens with one attached hydrogen (secondary N) is 1. The Morgan fingerprint density at radius 3 is 2.58 bits per heavy atom. The van der Waals surface area contributed by atoms with E-state index in [1.165, 1.54) is 22.7 Å². The van der Waals surface area contributed by atoms with E-state index >= 15 is 0 Å². The summed E-state index contributed by atoms with van der Waals surface area (Å²) >= 11 is 8.84. The van der Waals surface area contributed by atoms with Gasteiger partial charge in [0.15, 0.2) is 6.61 Å². The summed E-state index contributed by atoms with van der Waals surface area (Å²) in [6.07, 6.45) is 1.77. The summed E-state index contributed by atoms with van der Waals surface area (Å²) in [5, 5.41) is 6.97. The van der Waals surface area contributed by atoms with Crippen molar-refractivity contribution in [2.75, 3.05) is 11.9 Å². The third kappa shape index (κ3) is 5.05. The Balaban J connectivity index is 1.66. The molecule has 0 aliphatic rings. The number of rotatable bonds is 6. The standard InChI is InChI=1S/C19H14ClNO3S2/c20-13-4-1-5-14(10-13)21-18(22)12-24-19(23)16(17-7-3-9-26-17)11-15-6-2-8-25-15/h1-11H,12H2,(H,21,22)/b16-11+. The Morgan fingerprint density at radius 1 is 1.08 bits per heavy atom. The molecule has 0 saturated carbocycles. The molecule has 1 amide bonds. The zero-order valence-corrected chi connectivity index (χ0v) is 15.9. The van der Waals surface area contributed by atoms with Gasteiger partial charge in [0, 0.05) is 20.5 Å². The molecule has 0 atom stereocenters. The molecule has 3 aromatic rings. The molecule has 2 aromatic heterocycles. The Bertz CT molecular complexity index is 918. The molecule has 0 fully saturated rings. The van der Waals surface area contributed by atoms with Gasteiger partial charge in [0.2, 0.25) is 0 Å². The van der Waals surface area contributed by atoms with Crippen LogP contribution in [0.4, 0.5) is 5.69 Å². The largest absolute Gasteiger partial charge is 0.452 e. The van der Waals surface area contributed by atoms with Crippen molar-refractivity contribution < 1.29 is 14.3 Å². The minimum atomic E-state index is -0.540. The average molecular weight is 404 g/mol. The van der Waals surface area contributed by atoms with Crippen molar-refractivity contribution in [3.05, 3.63) is 74.1 Å². The third-order valence-electron chi connectivity index (χ3n) is 3.28. The van der Waals surface area contributed by atoms with Gasteiger partial charge < -0.3 is 10.1 Å². The van der Waals surface area contributed by atoms with Crippen molar-refractivity contribution in [3.8, 4) is 0 Å². The molecule has 2 heterocycles. The van der Waals surface area contributed by atoms with Gasteiger partial charge in [-0.05, 0) is 47.2 Å². The van der Waals surface area contributed by atoms with Gasteiger partial charge in [-0.1, -0.05) is 29.8 Å². The number of benzene rings is 1. The van der Waals surface area contributed by atoms with E-state index in [9.17, 15) is 9.59 Å². The fourth-order valence-electron chi connectivity index (χ4n) is 2.15. The predicted octanol–water partition coefficient (Wildman–Crippen LogP) is 5.19. The molecule has 0 spiro atoms. The number of thiophene rings is 2. The highest BCUT2D eigenvalue weighted by molar-refractivity contribution is 7.12. The van der Waals surface area contributed by atoms with Crippen molar-refractivity contribution in [2.24, 2.45) is 0 Å². The summed E-state index contributed by atoms with van der Waals surface area (Å²) in [7, 11) is 0. The summed E-state index contributed by atoms with van der Waals surface area (Å²) in [4.78, 5) is 26.2. The number of carbonyl (C=O) groups is 2. The van der Waals surface area contributed by atoms with E-state index in [2.05, 4.69) is 5.32 Å². The first-order valence-electron chi connectivity index (χ1n) is 7.63. The highest BCUT2D eigenvalue weighted by Crippen LogP contribution is 2.25. The maximum absolute atomic E-state index is 12.5. The minimum Gasteiger partial charge on any atom is -0.452 e. The van der Waals surface area contributed by atoms with Gasteiger partial charge in [-0.25, -0.2) is 4.79 Å². The van der Waals surface area contributed by atoms with E-state index in [1.807, 2.05) is 35.0 Å². The maximum atomic E-state index is 12.5. The van der Waals surface area contributed by atoms with Crippen LogP contribution in [-0.4, -0.2) is 18.5 Å². The first-order valence-corrected chi connectivity index (χ1v) is 9.77. The van der Waals surface area contributed by atoms with Gasteiger partial charge in [-0.15, -0.1) is 22.7 Å². The van der Waals surface area contributed by atoms with Crippen molar-refractivity contribution >= 4 is 63.5 Å². The number of hydrogen-bond acceptors (Lipinski definition) is 5. The highest BCUT2D eigenvalue weighted by atomic mass is 35.5. The molecule has 26 heavy (non-hydrogen) atoms. The van der Waals surface area contributed by atoms with Crippen LogP contribution in [0.5, 0.6) is 0 Å². The van der Waals surface area contributed by atoms with Crippen LogP contribution in [0.1, 0.15) is 9.75 Å². The predicted molar refractivity (Wildman–Crippen MR) is 108 cm³/mol. The van der Waals surface area contributed by atoms with Gasteiger partial charge in [-0.2, -0.15) is 0 Å². The van der Waals surface area contributed by atoms with Crippen LogP contribution in [0.15, 0.2) is 59.3 Å². The van der Waals surface area contributed by atoms with Crippen LogP contribution < -0.4 is 5.32 Å². The van der Waals surface area contributed by atoms with Crippen molar-refractivity contribution in [1.82, 2.24) is 0 Å². The Kier molecular flexibility index (Phi) is 6.22. The number of esters is 1. The van der Waals surface area contributed by atoms with Gasteiger partial charge in [0.1, 0.15) is 0 Å².